The zero-order valence-electron chi connectivity index (χ0n) is 18.1. The van der Waals surface area contributed by atoms with E-state index in [-0.39, 0.29) is 35.9 Å². The molecule has 8 heteroatoms. The summed E-state index contributed by atoms with van der Waals surface area (Å²) < 4.78 is 0. The molecule has 2 heterocycles. The van der Waals surface area contributed by atoms with Gasteiger partial charge in [-0.2, -0.15) is 0 Å². The zero-order valence-corrected chi connectivity index (χ0v) is 20.4. The number of guanidine groups is 1. The molecule has 2 aliphatic rings. The fourth-order valence-electron chi connectivity index (χ4n) is 4.28. The molecule has 2 aliphatic heterocycles. The topological polar surface area (TPSA) is 77.0 Å². The van der Waals surface area contributed by atoms with Crippen LogP contribution in [0.15, 0.2) is 4.99 Å². The maximum absolute atomic E-state index is 12.4. The Morgan fingerprint density at radius 3 is 2.54 bits per heavy atom. The van der Waals surface area contributed by atoms with Crippen molar-refractivity contribution < 1.29 is 9.59 Å². The van der Waals surface area contributed by atoms with Crippen molar-refractivity contribution in [3.8, 4) is 0 Å². The average Bonchev–Trinajstić information content (AvgIpc) is 3.22. The third kappa shape index (κ3) is 5.51. The van der Waals surface area contributed by atoms with Gasteiger partial charge in [-0.3, -0.25) is 14.7 Å². The molecule has 3 amide bonds. The molecule has 162 valence electrons. The van der Waals surface area contributed by atoms with E-state index in [4.69, 9.17) is 0 Å². The third-order valence-electron chi connectivity index (χ3n) is 6.35. The van der Waals surface area contributed by atoms with E-state index in [2.05, 4.69) is 34.4 Å². The minimum atomic E-state index is -0.750. The van der Waals surface area contributed by atoms with Crippen LogP contribution in [0.5, 0.6) is 0 Å². The van der Waals surface area contributed by atoms with Crippen LogP contribution in [0.25, 0.3) is 0 Å². The Labute approximate surface area is 187 Å². The molecular formula is C20H38IN5O2. The largest absolute Gasteiger partial charge is 0.356 e. The van der Waals surface area contributed by atoms with E-state index in [0.717, 1.165) is 30.9 Å². The molecule has 2 atom stereocenters. The van der Waals surface area contributed by atoms with Gasteiger partial charge >= 0.3 is 6.03 Å². The summed E-state index contributed by atoms with van der Waals surface area (Å²) in [6.45, 7) is 11.5. The highest BCUT2D eigenvalue weighted by Crippen LogP contribution is 2.28. The second kappa shape index (κ2) is 11.2. The molecule has 2 rings (SSSR count). The van der Waals surface area contributed by atoms with E-state index in [0.29, 0.717) is 25.9 Å². The van der Waals surface area contributed by atoms with Gasteiger partial charge in [0.15, 0.2) is 5.96 Å². The number of likely N-dealkylation sites (tertiary alicyclic amines) is 1. The Hall–Kier alpha value is -1.06. The van der Waals surface area contributed by atoms with E-state index >= 15 is 0 Å². The van der Waals surface area contributed by atoms with E-state index < -0.39 is 5.54 Å². The SMILES string of the molecule is CCC(CC)C1CCN(C(=NC)NCCCN2C(=O)NC(C)(CC)C2=O)C1.I. The molecule has 0 aromatic carbocycles. The molecule has 0 aromatic heterocycles. The first-order valence-electron chi connectivity index (χ1n) is 10.5. The van der Waals surface area contributed by atoms with Gasteiger partial charge in [0.25, 0.3) is 5.91 Å². The van der Waals surface area contributed by atoms with Crippen LogP contribution in [0.2, 0.25) is 0 Å². The number of carbonyl (C=O) groups is 2. The van der Waals surface area contributed by atoms with E-state index in [1.165, 1.54) is 24.2 Å². The molecule has 0 bridgehead atoms. The van der Waals surface area contributed by atoms with E-state index in [1.54, 1.807) is 6.92 Å². The van der Waals surface area contributed by atoms with Crippen LogP contribution in [0.1, 0.15) is 59.8 Å². The van der Waals surface area contributed by atoms with E-state index in [9.17, 15) is 9.59 Å². The molecule has 2 saturated heterocycles. The van der Waals surface area contributed by atoms with Crippen LogP contribution < -0.4 is 10.6 Å². The number of urea groups is 1. The lowest BCUT2D eigenvalue weighted by atomic mass is 9.87. The summed E-state index contributed by atoms with van der Waals surface area (Å²) in [5, 5.41) is 6.20. The number of halogens is 1. The first kappa shape index (κ1) is 25.0. The van der Waals surface area contributed by atoms with Crippen LogP contribution in [-0.4, -0.2) is 66.5 Å². The first-order chi connectivity index (χ1) is 12.9. The highest BCUT2D eigenvalue weighted by Gasteiger charge is 2.45. The summed E-state index contributed by atoms with van der Waals surface area (Å²) in [4.78, 5) is 32.6. The van der Waals surface area contributed by atoms with E-state index in [1.807, 2.05) is 14.0 Å². The molecular weight excluding hydrogens is 469 g/mol. The highest BCUT2D eigenvalue weighted by molar-refractivity contribution is 14.0. The molecule has 28 heavy (non-hydrogen) atoms. The van der Waals surface area contributed by atoms with Crippen molar-refractivity contribution in [2.45, 2.75) is 65.3 Å². The molecule has 0 spiro atoms. The van der Waals surface area contributed by atoms with Gasteiger partial charge in [-0.05, 0) is 38.0 Å². The van der Waals surface area contributed by atoms with Gasteiger partial charge in [-0.25, -0.2) is 4.79 Å². The van der Waals surface area contributed by atoms with Gasteiger partial charge in [0.05, 0.1) is 0 Å². The van der Waals surface area contributed by atoms with Crippen molar-refractivity contribution in [3.63, 3.8) is 0 Å². The zero-order chi connectivity index (χ0) is 20.0. The molecule has 0 aliphatic carbocycles. The van der Waals surface area contributed by atoms with Crippen molar-refractivity contribution >= 4 is 41.9 Å². The van der Waals surface area contributed by atoms with Crippen LogP contribution >= 0.6 is 24.0 Å². The van der Waals surface area contributed by atoms with Gasteiger partial charge in [0.1, 0.15) is 5.54 Å². The second-order valence-electron chi connectivity index (χ2n) is 7.97. The number of imide groups is 1. The maximum atomic E-state index is 12.4. The van der Waals surface area contributed by atoms with Crippen molar-refractivity contribution in [1.29, 1.82) is 0 Å². The summed E-state index contributed by atoms with van der Waals surface area (Å²) in [5.41, 5.74) is -0.750. The number of rotatable bonds is 8. The number of nitrogens with one attached hydrogen (secondary N) is 2. The monoisotopic (exact) mass is 507 g/mol. The van der Waals surface area contributed by atoms with Crippen molar-refractivity contribution in [1.82, 2.24) is 20.4 Å². The van der Waals surface area contributed by atoms with Crippen molar-refractivity contribution in [2.75, 3.05) is 33.2 Å². The maximum Gasteiger partial charge on any atom is 0.325 e. The predicted molar refractivity (Wildman–Crippen MR) is 124 cm³/mol. The smallest absolute Gasteiger partial charge is 0.325 e. The molecule has 2 N–H and O–H groups in total. The summed E-state index contributed by atoms with van der Waals surface area (Å²) in [7, 11) is 1.82. The van der Waals surface area contributed by atoms with Gasteiger partial charge in [0.2, 0.25) is 0 Å². The summed E-state index contributed by atoms with van der Waals surface area (Å²) in [6, 6.07) is -0.277. The summed E-state index contributed by atoms with van der Waals surface area (Å²) in [6.07, 6.45) is 5.02. The van der Waals surface area contributed by atoms with Crippen LogP contribution in [0, 0.1) is 11.8 Å². The quantitative estimate of drug-likeness (QED) is 0.174. The molecule has 0 saturated carbocycles. The number of carbonyl (C=O) groups excluding carboxylic acids is 2. The minimum absolute atomic E-state index is 0. The van der Waals surface area contributed by atoms with Gasteiger partial charge in [-0.15, -0.1) is 24.0 Å². The Morgan fingerprint density at radius 2 is 2.00 bits per heavy atom. The molecule has 0 aromatic rings. The predicted octanol–water partition coefficient (Wildman–Crippen LogP) is 3.05. The van der Waals surface area contributed by atoms with Gasteiger partial charge in [-0.1, -0.05) is 33.6 Å². The molecule has 0 radical (unpaired) electrons. The minimum Gasteiger partial charge on any atom is -0.356 e. The molecule has 2 unspecified atom stereocenters. The number of hydrogen-bond donors (Lipinski definition) is 2. The molecule has 7 nitrogen and oxygen atoms in total. The Balaban J connectivity index is 0.00000392. The van der Waals surface area contributed by atoms with Crippen LogP contribution in [0.4, 0.5) is 4.79 Å². The lowest BCUT2D eigenvalue weighted by molar-refractivity contribution is -0.130. The summed E-state index contributed by atoms with van der Waals surface area (Å²) >= 11 is 0. The fourth-order valence-corrected chi connectivity index (χ4v) is 4.28. The number of aliphatic imine (C=N–C) groups is 1. The summed E-state index contributed by atoms with van der Waals surface area (Å²) in [5.74, 6) is 2.35. The standard InChI is InChI=1S/C20H37N5O2.HI/c1-6-15(7-2)16-10-13-24(14-16)18(21-5)22-11-9-12-25-17(26)20(4,8-3)23-19(25)27;/h15-16H,6-14H2,1-5H3,(H,21,22)(H,23,27);1H. The normalized spacial score (nSPS) is 25.4. The fraction of sp³-hybridized carbons (Fsp3) is 0.850. The molecule has 2 fully saturated rings. The Kier molecular flexibility index (Phi) is 10.00. The number of amides is 3. The third-order valence-corrected chi connectivity index (χ3v) is 6.35. The number of hydrogen-bond acceptors (Lipinski definition) is 3. The Bertz CT molecular complexity index is 567. The van der Waals surface area contributed by atoms with Gasteiger partial charge < -0.3 is 15.5 Å². The van der Waals surface area contributed by atoms with Crippen LogP contribution in [-0.2, 0) is 4.79 Å². The van der Waals surface area contributed by atoms with Crippen LogP contribution in [0.3, 0.4) is 0 Å². The Morgan fingerprint density at radius 1 is 1.32 bits per heavy atom. The second-order valence-corrected chi connectivity index (χ2v) is 7.97. The lowest BCUT2D eigenvalue weighted by Gasteiger charge is -2.24. The average molecular weight is 507 g/mol. The van der Waals surface area contributed by atoms with Gasteiger partial charge in [0, 0.05) is 33.2 Å². The van der Waals surface area contributed by atoms with Crippen molar-refractivity contribution in [3.05, 3.63) is 0 Å². The first-order valence-corrected chi connectivity index (χ1v) is 10.5. The highest BCUT2D eigenvalue weighted by atomic mass is 127. The number of nitrogens with zero attached hydrogens (tertiary/aromatic N) is 3. The lowest BCUT2D eigenvalue weighted by Crippen LogP contribution is -2.43. The van der Waals surface area contributed by atoms with Crippen molar-refractivity contribution in [2.24, 2.45) is 16.8 Å².